The van der Waals surface area contributed by atoms with Gasteiger partial charge in [0, 0.05) is 26.2 Å². The second kappa shape index (κ2) is 5.29. The maximum atomic E-state index is 11.3. The van der Waals surface area contributed by atoms with Crippen LogP contribution in [-0.4, -0.2) is 58.6 Å². The second-order valence-corrected chi connectivity index (χ2v) is 4.18. The van der Waals surface area contributed by atoms with Gasteiger partial charge in [0.2, 0.25) is 11.8 Å². The summed E-state index contributed by atoms with van der Waals surface area (Å²) in [6.07, 6.45) is 1.71. The first-order valence-corrected chi connectivity index (χ1v) is 5.71. The Bertz CT molecular complexity index is 383. The molecule has 0 saturated carbocycles. The summed E-state index contributed by atoms with van der Waals surface area (Å²) in [6, 6.07) is 0. The van der Waals surface area contributed by atoms with Gasteiger partial charge in [0.1, 0.15) is 12.4 Å². The van der Waals surface area contributed by atoms with Gasteiger partial charge in [0.25, 0.3) is 0 Å². The van der Waals surface area contributed by atoms with E-state index in [0.717, 1.165) is 18.8 Å². The highest BCUT2D eigenvalue weighted by molar-refractivity contribution is 5.77. The molecule has 1 saturated heterocycles. The van der Waals surface area contributed by atoms with Gasteiger partial charge in [-0.15, -0.1) is 0 Å². The van der Waals surface area contributed by atoms with Gasteiger partial charge in [-0.05, 0) is 6.92 Å². The highest BCUT2D eigenvalue weighted by Crippen LogP contribution is 2.08. The zero-order chi connectivity index (χ0) is 12.3. The van der Waals surface area contributed by atoms with Crippen molar-refractivity contribution in [1.82, 2.24) is 14.8 Å². The number of aryl methyl sites for hydroxylation is 1. The summed E-state index contributed by atoms with van der Waals surface area (Å²) in [5.41, 5.74) is 0. The third-order valence-electron chi connectivity index (χ3n) is 2.89. The van der Waals surface area contributed by atoms with Crippen molar-refractivity contribution >= 4 is 5.91 Å². The number of hydrogen-bond acceptors (Lipinski definition) is 5. The number of piperazine rings is 1. The van der Waals surface area contributed by atoms with E-state index in [-0.39, 0.29) is 5.91 Å². The van der Waals surface area contributed by atoms with E-state index in [4.69, 9.17) is 9.52 Å². The van der Waals surface area contributed by atoms with Gasteiger partial charge in [-0.25, -0.2) is 4.98 Å². The molecule has 6 nitrogen and oxygen atoms in total. The second-order valence-electron chi connectivity index (χ2n) is 4.18. The molecule has 94 valence electrons. The minimum Gasteiger partial charge on any atom is -0.445 e. The summed E-state index contributed by atoms with van der Waals surface area (Å²) in [4.78, 5) is 19.3. The minimum absolute atomic E-state index is 0.198. The number of aliphatic hydroxyl groups is 1. The summed E-state index contributed by atoms with van der Waals surface area (Å²) in [7, 11) is 0. The van der Waals surface area contributed by atoms with Crippen molar-refractivity contribution in [2.75, 3.05) is 32.8 Å². The van der Waals surface area contributed by atoms with Crippen LogP contribution in [0.15, 0.2) is 10.6 Å². The first-order valence-electron chi connectivity index (χ1n) is 5.71. The average Bonchev–Trinajstić information content (AvgIpc) is 2.75. The lowest BCUT2D eigenvalue weighted by Gasteiger charge is -2.33. The van der Waals surface area contributed by atoms with E-state index < -0.39 is 6.61 Å². The van der Waals surface area contributed by atoms with Gasteiger partial charge in [0.05, 0.1) is 12.7 Å². The number of aliphatic hydroxyl groups excluding tert-OH is 1. The molecule has 1 N–H and O–H groups in total. The highest BCUT2D eigenvalue weighted by Gasteiger charge is 2.21. The lowest BCUT2D eigenvalue weighted by molar-refractivity contribution is -0.136. The van der Waals surface area contributed by atoms with Crippen molar-refractivity contribution < 1.29 is 14.3 Å². The van der Waals surface area contributed by atoms with E-state index in [9.17, 15) is 4.79 Å². The number of carbonyl (C=O) groups is 1. The van der Waals surface area contributed by atoms with E-state index in [1.54, 1.807) is 11.1 Å². The Hall–Kier alpha value is -1.40. The highest BCUT2D eigenvalue weighted by atomic mass is 16.4. The molecule has 2 heterocycles. The first-order chi connectivity index (χ1) is 8.19. The molecule has 1 aliphatic rings. The number of hydrogen-bond donors (Lipinski definition) is 1. The number of oxazole rings is 1. The lowest BCUT2D eigenvalue weighted by atomic mass is 10.3. The molecule has 0 aromatic carbocycles. The van der Waals surface area contributed by atoms with Crippen molar-refractivity contribution in [2.24, 2.45) is 0 Å². The number of amides is 1. The van der Waals surface area contributed by atoms with Crippen molar-refractivity contribution in [2.45, 2.75) is 13.5 Å². The SMILES string of the molecule is Cc1cnc(CN2CCN(C(=O)CO)CC2)o1. The largest absolute Gasteiger partial charge is 0.445 e. The molecular formula is C11H17N3O3. The molecule has 1 aliphatic heterocycles. The summed E-state index contributed by atoms with van der Waals surface area (Å²) < 4.78 is 5.41. The molecule has 1 fully saturated rings. The molecule has 0 radical (unpaired) electrons. The summed E-state index contributed by atoms with van der Waals surface area (Å²) in [5.74, 6) is 1.33. The molecule has 17 heavy (non-hydrogen) atoms. The fourth-order valence-electron chi connectivity index (χ4n) is 1.92. The van der Waals surface area contributed by atoms with Gasteiger partial charge in [-0.3, -0.25) is 9.69 Å². The standard InChI is InChI=1S/C11H17N3O3/c1-9-6-12-10(17-9)7-13-2-4-14(5-3-13)11(16)8-15/h6,15H,2-5,7-8H2,1H3. The Morgan fingerprint density at radius 1 is 1.47 bits per heavy atom. The monoisotopic (exact) mass is 239 g/mol. The van der Waals surface area contributed by atoms with E-state index in [2.05, 4.69) is 9.88 Å². The quantitative estimate of drug-likeness (QED) is 0.778. The third kappa shape index (κ3) is 3.04. The topological polar surface area (TPSA) is 69.8 Å². The first kappa shape index (κ1) is 12.1. The molecule has 1 aromatic rings. The summed E-state index contributed by atoms with van der Waals surface area (Å²) in [5, 5.41) is 8.76. The number of rotatable bonds is 3. The Morgan fingerprint density at radius 2 is 2.18 bits per heavy atom. The van der Waals surface area contributed by atoms with Gasteiger partial charge in [-0.2, -0.15) is 0 Å². The van der Waals surface area contributed by atoms with Gasteiger partial charge >= 0.3 is 0 Å². The third-order valence-corrected chi connectivity index (χ3v) is 2.89. The summed E-state index contributed by atoms with van der Waals surface area (Å²) >= 11 is 0. The Kier molecular flexibility index (Phi) is 3.75. The molecule has 6 heteroatoms. The fraction of sp³-hybridized carbons (Fsp3) is 0.636. The molecule has 0 unspecified atom stereocenters. The van der Waals surface area contributed by atoms with Crippen LogP contribution in [0.25, 0.3) is 0 Å². The number of aromatic nitrogens is 1. The molecule has 1 aromatic heterocycles. The maximum absolute atomic E-state index is 11.3. The van der Waals surface area contributed by atoms with Crippen LogP contribution >= 0.6 is 0 Å². The van der Waals surface area contributed by atoms with Crippen molar-refractivity contribution in [3.63, 3.8) is 0 Å². The van der Waals surface area contributed by atoms with Gasteiger partial charge < -0.3 is 14.4 Å². The van der Waals surface area contributed by atoms with Crippen LogP contribution in [0.1, 0.15) is 11.7 Å². The Labute approximate surface area is 99.8 Å². The van der Waals surface area contributed by atoms with E-state index in [1.807, 2.05) is 6.92 Å². The van der Waals surface area contributed by atoms with Crippen molar-refractivity contribution in [1.29, 1.82) is 0 Å². The summed E-state index contributed by atoms with van der Waals surface area (Å²) in [6.45, 7) is 5.01. The van der Waals surface area contributed by atoms with Gasteiger partial charge in [-0.1, -0.05) is 0 Å². The van der Waals surface area contributed by atoms with Crippen molar-refractivity contribution in [3.05, 3.63) is 17.8 Å². The zero-order valence-electron chi connectivity index (χ0n) is 9.93. The fourth-order valence-corrected chi connectivity index (χ4v) is 1.92. The molecule has 2 rings (SSSR count). The Morgan fingerprint density at radius 3 is 2.71 bits per heavy atom. The van der Waals surface area contributed by atoms with E-state index in [1.165, 1.54) is 0 Å². The van der Waals surface area contributed by atoms with E-state index >= 15 is 0 Å². The predicted octanol–water partition coefficient (Wildman–Crippen LogP) is -0.380. The minimum atomic E-state index is -0.404. The van der Waals surface area contributed by atoms with Gasteiger partial charge in [0.15, 0.2) is 0 Å². The lowest BCUT2D eigenvalue weighted by Crippen LogP contribution is -2.49. The van der Waals surface area contributed by atoms with Crippen LogP contribution < -0.4 is 0 Å². The molecule has 0 atom stereocenters. The van der Waals surface area contributed by atoms with Crippen LogP contribution in [0.2, 0.25) is 0 Å². The normalized spacial score (nSPS) is 17.4. The van der Waals surface area contributed by atoms with Crippen LogP contribution in [0.3, 0.4) is 0 Å². The number of carbonyl (C=O) groups excluding carboxylic acids is 1. The van der Waals surface area contributed by atoms with Crippen molar-refractivity contribution in [3.8, 4) is 0 Å². The zero-order valence-corrected chi connectivity index (χ0v) is 9.93. The maximum Gasteiger partial charge on any atom is 0.248 e. The molecule has 0 spiro atoms. The van der Waals surface area contributed by atoms with Crippen LogP contribution in [0, 0.1) is 6.92 Å². The van der Waals surface area contributed by atoms with Crippen LogP contribution in [0.5, 0.6) is 0 Å². The molecule has 1 amide bonds. The van der Waals surface area contributed by atoms with E-state index in [0.29, 0.717) is 25.5 Å². The molecule has 0 bridgehead atoms. The molecule has 0 aliphatic carbocycles. The molecular weight excluding hydrogens is 222 g/mol. The van der Waals surface area contributed by atoms with Crippen LogP contribution in [0.4, 0.5) is 0 Å². The number of nitrogens with zero attached hydrogens (tertiary/aromatic N) is 3. The predicted molar refractivity (Wildman–Crippen MR) is 60.2 cm³/mol. The average molecular weight is 239 g/mol. The Balaban J connectivity index is 1.81. The van der Waals surface area contributed by atoms with Crippen LogP contribution in [-0.2, 0) is 11.3 Å². The smallest absolute Gasteiger partial charge is 0.248 e.